The average Bonchev–Trinajstić information content (AvgIpc) is 2.20. The van der Waals surface area contributed by atoms with Gasteiger partial charge in [0.05, 0.1) is 6.10 Å². The fraction of sp³-hybridized carbons (Fsp3) is 0.417. The molecule has 1 aromatic carbocycles. The van der Waals surface area contributed by atoms with Gasteiger partial charge in [-0.05, 0) is 23.6 Å². The fourth-order valence-electron chi connectivity index (χ4n) is 1.67. The van der Waals surface area contributed by atoms with Crippen molar-refractivity contribution in [1.82, 2.24) is 0 Å². The molecule has 4 nitrogen and oxygen atoms in total. The number of carbonyl (C=O) groups is 1. The maximum absolute atomic E-state index is 10.4. The molecule has 4 heteroatoms. The number of carboxylic acid groups (broad SMARTS) is 1. The van der Waals surface area contributed by atoms with E-state index in [1.54, 1.807) is 19.2 Å². The van der Waals surface area contributed by atoms with Gasteiger partial charge in [-0.1, -0.05) is 26.0 Å². The lowest BCUT2D eigenvalue weighted by atomic mass is 9.99. The Balaban J connectivity index is 2.80. The Morgan fingerprint density at radius 1 is 1.31 bits per heavy atom. The van der Waals surface area contributed by atoms with Crippen molar-refractivity contribution in [2.24, 2.45) is 5.92 Å². The zero-order chi connectivity index (χ0) is 12.1. The maximum Gasteiger partial charge on any atom is 0.409 e. The SMILES string of the molecule is COC(c1ccc(NC(=O)O)cc1)C(C)C. The lowest BCUT2D eigenvalue weighted by Gasteiger charge is -2.19. The van der Waals surface area contributed by atoms with Gasteiger partial charge >= 0.3 is 6.09 Å². The van der Waals surface area contributed by atoms with Gasteiger partial charge in [-0.25, -0.2) is 4.79 Å². The first-order valence-electron chi connectivity index (χ1n) is 5.17. The summed E-state index contributed by atoms with van der Waals surface area (Å²) in [5, 5.41) is 10.8. The van der Waals surface area contributed by atoms with Gasteiger partial charge in [-0.2, -0.15) is 0 Å². The largest absolute Gasteiger partial charge is 0.465 e. The van der Waals surface area contributed by atoms with Crippen LogP contribution < -0.4 is 5.32 Å². The smallest absolute Gasteiger partial charge is 0.409 e. The average molecular weight is 223 g/mol. The number of hydrogen-bond acceptors (Lipinski definition) is 2. The van der Waals surface area contributed by atoms with Gasteiger partial charge in [0.25, 0.3) is 0 Å². The number of hydrogen-bond donors (Lipinski definition) is 2. The number of benzene rings is 1. The summed E-state index contributed by atoms with van der Waals surface area (Å²) in [6.07, 6.45) is -1.02. The highest BCUT2D eigenvalue weighted by Crippen LogP contribution is 2.25. The van der Waals surface area contributed by atoms with Crippen LogP contribution in [-0.4, -0.2) is 18.3 Å². The molecule has 1 aromatic rings. The Labute approximate surface area is 95.2 Å². The van der Waals surface area contributed by atoms with Crippen LogP contribution in [-0.2, 0) is 4.74 Å². The van der Waals surface area contributed by atoms with Crippen LogP contribution in [0, 0.1) is 5.92 Å². The Bertz CT molecular complexity index is 346. The molecule has 16 heavy (non-hydrogen) atoms. The van der Waals surface area contributed by atoms with Crippen LogP contribution in [0.15, 0.2) is 24.3 Å². The van der Waals surface area contributed by atoms with Gasteiger partial charge in [0.2, 0.25) is 0 Å². The van der Waals surface area contributed by atoms with Crippen molar-refractivity contribution < 1.29 is 14.6 Å². The predicted octanol–water partition coefficient (Wildman–Crippen LogP) is 3.12. The predicted molar refractivity (Wildman–Crippen MR) is 62.7 cm³/mol. The van der Waals surface area contributed by atoms with Crippen LogP contribution in [0.25, 0.3) is 0 Å². The molecule has 0 aliphatic carbocycles. The van der Waals surface area contributed by atoms with E-state index in [1.165, 1.54) is 0 Å². The molecule has 0 bridgehead atoms. The van der Waals surface area contributed by atoms with E-state index in [2.05, 4.69) is 19.2 Å². The van der Waals surface area contributed by atoms with Gasteiger partial charge < -0.3 is 9.84 Å². The maximum atomic E-state index is 10.4. The lowest BCUT2D eigenvalue weighted by molar-refractivity contribution is 0.0646. The molecule has 88 valence electrons. The molecule has 0 aliphatic rings. The van der Waals surface area contributed by atoms with E-state index in [-0.39, 0.29) is 6.10 Å². The number of ether oxygens (including phenoxy) is 1. The molecule has 1 amide bonds. The fourth-order valence-corrected chi connectivity index (χ4v) is 1.67. The van der Waals surface area contributed by atoms with Crippen molar-refractivity contribution in [2.75, 3.05) is 12.4 Å². The summed E-state index contributed by atoms with van der Waals surface area (Å²) in [5.74, 6) is 0.378. The Hall–Kier alpha value is -1.55. The molecule has 1 atom stereocenters. The highest BCUT2D eigenvalue weighted by molar-refractivity contribution is 5.82. The zero-order valence-corrected chi connectivity index (χ0v) is 9.73. The highest BCUT2D eigenvalue weighted by atomic mass is 16.5. The van der Waals surface area contributed by atoms with E-state index < -0.39 is 6.09 Å². The number of rotatable bonds is 4. The third kappa shape index (κ3) is 3.24. The Kier molecular flexibility index (Phi) is 4.31. The molecule has 0 saturated heterocycles. The van der Waals surface area contributed by atoms with Crippen LogP contribution in [0.5, 0.6) is 0 Å². The standard InChI is InChI=1S/C12H17NO3/c1-8(2)11(16-3)9-4-6-10(7-5-9)13-12(14)15/h4-8,11,13H,1-3H3,(H,14,15). The second-order valence-electron chi connectivity index (χ2n) is 3.95. The summed E-state index contributed by atoms with van der Waals surface area (Å²) in [6.45, 7) is 4.16. The van der Waals surface area contributed by atoms with Gasteiger partial charge in [-0.15, -0.1) is 0 Å². The third-order valence-electron chi connectivity index (χ3n) is 2.35. The van der Waals surface area contributed by atoms with E-state index in [9.17, 15) is 4.79 Å². The quantitative estimate of drug-likeness (QED) is 0.824. The summed E-state index contributed by atoms with van der Waals surface area (Å²) in [7, 11) is 1.67. The summed E-state index contributed by atoms with van der Waals surface area (Å²) >= 11 is 0. The molecule has 0 aliphatic heterocycles. The number of anilines is 1. The summed E-state index contributed by atoms with van der Waals surface area (Å²) in [5.41, 5.74) is 1.61. The normalized spacial score (nSPS) is 12.5. The molecule has 0 heterocycles. The van der Waals surface area contributed by atoms with Gasteiger partial charge in [-0.3, -0.25) is 5.32 Å². The molecule has 2 N–H and O–H groups in total. The summed E-state index contributed by atoms with van der Waals surface area (Å²) in [6, 6.07) is 7.22. The molecule has 0 radical (unpaired) electrons. The van der Waals surface area contributed by atoms with E-state index in [0.29, 0.717) is 11.6 Å². The van der Waals surface area contributed by atoms with Crippen LogP contribution in [0.2, 0.25) is 0 Å². The van der Waals surface area contributed by atoms with Crippen molar-refractivity contribution >= 4 is 11.8 Å². The van der Waals surface area contributed by atoms with Crippen LogP contribution in [0.1, 0.15) is 25.5 Å². The molecule has 0 fully saturated rings. The minimum Gasteiger partial charge on any atom is -0.465 e. The molecule has 0 saturated carbocycles. The Morgan fingerprint density at radius 2 is 1.88 bits per heavy atom. The summed E-state index contributed by atoms with van der Waals surface area (Å²) < 4.78 is 5.38. The molecule has 1 unspecified atom stereocenters. The summed E-state index contributed by atoms with van der Waals surface area (Å²) in [4.78, 5) is 10.4. The molecular formula is C12H17NO3. The monoisotopic (exact) mass is 223 g/mol. The Morgan fingerprint density at radius 3 is 2.25 bits per heavy atom. The second kappa shape index (κ2) is 5.51. The van der Waals surface area contributed by atoms with Crippen molar-refractivity contribution in [1.29, 1.82) is 0 Å². The van der Waals surface area contributed by atoms with Crippen LogP contribution in [0.3, 0.4) is 0 Å². The van der Waals surface area contributed by atoms with Crippen molar-refractivity contribution in [3.63, 3.8) is 0 Å². The van der Waals surface area contributed by atoms with Gasteiger partial charge in [0, 0.05) is 12.8 Å². The topological polar surface area (TPSA) is 58.6 Å². The molecule has 0 spiro atoms. The van der Waals surface area contributed by atoms with E-state index >= 15 is 0 Å². The highest BCUT2D eigenvalue weighted by Gasteiger charge is 2.14. The number of amides is 1. The lowest BCUT2D eigenvalue weighted by Crippen LogP contribution is -2.10. The second-order valence-corrected chi connectivity index (χ2v) is 3.95. The first kappa shape index (κ1) is 12.5. The van der Waals surface area contributed by atoms with Crippen molar-refractivity contribution in [2.45, 2.75) is 20.0 Å². The van der Waals surface area contributed by atoms with Crippen LogP contribution in [0.4, 0.5) is 10.5 Å². The molecular weight excluding hydrogens is 206 g/mol. The number of nitrogens with one attached hydrogen (secondary N) is 1. The number of methoxy groups -OCH3 is 1. The first-order chi connectivity index (χ1) is 7.54. The minimum atomic E-state index is -1.06. The van der Waals surface area contributed by atoms with E-state index in [0.717, 1.165) is 5.56 Å². The first-order valence-corrected chi connectivity index (χ1v) is 5.17. The van der Waals surface area contributed by atoms with Gasteiger partial charge in [0.1, 0.15) is 0 Å². The minimum absolute atomic E-state index is 0.0406. The van der Waals surface area contributed by atoms with E-state index in [1.807, 2.05) is 12.1 Å². The van der Waals surface area contributed by atoms with Gasteiger partial charge in [0.15, 0.2) is 0 Å². The van der Waals surface area contributed by atoms with E-state index in [4.69, 9.17) is 9.84 Å². The van der Waals surface area contributed by atoms with Crippen molar-refractivity contribution in [3.8, 4) is 0 Å². The van der Waals surface area contributed by atoms with Crippen LogP contribution >= 0.6 is 0 Å². The van der Waals surface area contributed by atoms with Crippen molar-refractivity contribution in [3.05, 3.63) is 29.8 Å². The molecule has 1 rings (SSSR count). The zero-order valence-electron chi connectivity index (χ0n) is 9.73. The third-order valence-corrected chi connectivity index (χ3v) is 2.35. The molecule has 0 aromatic heterocycles.